The molecule has 0 fully saturated rings. The molecule has 1 aromatic carbocycles. The molecule has 7 heteroatoms. The Morgan fingerprint density at radius 2 is 1.94 bits per heavy atom. The number of carbonyl (C=O) groups is 1. The van der Waals surface area contributed by atoms with Gasteiger partial charge in [-0.3, -0.25) is 9.89 Å². The van der Waals surface area contributed by atoms with Gasteiger partial charge in [-0.2, -0.15) is 0 Å². The number of carboxylic acids is 1. The van der Waals surface area contributed by atoms with E-state index in [4.69, 9.17) is 15.3 Å². The SMILES string of the molecule is CC(CO)(CO)C(=O)O.c1ccc2[nH]nnc2c1. The van der Waals surface area contributed by atoms with E-state index in [1.807, 2.05) is 24.3 Å². The van der Waals surface area contributed by atoms with E-state index in [1.54, 1.807) is 0 Å². The van der Waals surface area contributed by atoms with Crippen LogP contribution in [0, 0.1) is 5.41 Å². The molecule has 0 unspecified atom stereocenters. The van der Waals surface area contributed by atoms with Crippen LogP contribution in [0.3, 0.4) is 0 Å². The molecule has 0 saturated heterocycles. The third kappa shape index (κ3) is 3.25. The van der Waals surface area contributed by atoms with Crippen LogP contribution in [-0.4, -0.2) is 49.9 Å². The number of benzene rings is 1. The minimum absolute atomic E-state index is 0.543. The highest BCUT2D eigenvalue weighted by Crippen LogP contribution is 2.12. The Kier molecular flexibility index (Phi) is 4.75. The number of rotatable bonds is 3. The number of carboxylic acid groups (broad SMARTS) is 1. The van der Waals surface area contributed by atoms with Gasteiger partial charge < -0.3 is 15.3 Å². The van der Waals surface area contributed by atoms with Crippen LogP contribution in [-0.2, 0) is 4.79 Å². The monoisotopic (exact) mass is 253 g/mol. The van der Waals surface area contributed by atoms with Crippen LogP contribution < -0.4 is 0 Å². The summed E-state index contributed by atoms with van der Waals surface area (Å²) in [5, 5.41) is 35.3. The number of nitrogens with one attached hydrogen (secondary N) is 1. The van der Waals surface area contributed by atoms with Gasteiger partial charge in [-0.25, -0.2) is 0 Å². The molecule has 98 valence electrons. The summed E-state index contributed by atoms with van der Waals surface area (Å²) >= 11 is 0. The normalized spacial score (nSPS) is 10.8. The highest BCUT2D eigenvalue weighted by molar-refractivity contribution is 5.74. The maximum atomic E-state index is 10.2. The van der Waals surface area contributed by atoms with E-state index < -0.39 is 24.6 Å². The number of nitrogens with zero attached hydrogens (tertiary/aromatic N) is 2. The van der Waals surface area contributed by atoms with E-state index in [0.717, 1.165) is 11.0 Å². The third-order valence-corrected chi connectivity index (χ3v) is 2.45. The van der Waals surface area contributed by atoms with Gasteiger partial charge in [-0.05, 0) is 19.1 Å². The molecule has 18 heavy (non-hydrogen) atoms. The number of aliphatic hydroxyl groups is 2. The molecular weight excluding hydrogens is 238 g/mol. The van der Waals surface area contributed by atoms with Crippen molar-refractivity contribution in [3.63, 3.8) is 0 Å². The molecule has 2 aromatic rings. The second-order valence-corrected chi connectivity index (χ2v) is 4.01. The minimum atomic E-state index is -1.39. The van der Waals surface area contributed by atoms with Crippen molar-refractivity contribution in [2.24, 2.45) is 5.41 Å². The second kappa shape index (κ2) is 6.08. The maximum Gasteiger partial charge on any atom is 0.314 e. The van der Waals surface area contributed by atoms with Gasteiger partial charge in [0, 0.05) is 0 Å². The Hall–Kier alpha value is -1.99. The first-order chi connectivity index (χ1) is 8.53. The highest BCUT2D eigenvalue weighted by Gasteiger charge is 2.31. The lowest BCUT2D eigenvalue weighted by molar-refractivity contribution is -0.152. The number of aromatic nitrogens is 3. The molecule has 7 nitrogen and oxygen atoms in total. The number of hydrogen-bond donors (Lipinski definition) is 4. The Morgan fingerprint density at radius 1 is 1.33 bits per heavy atom. The molecular formula is C11H15N3O4. The molecule has 0 radical (unpaired) electrons. The quantitative estimate of drug-likeness (QED) is 0.612. The summed E-state index contributed by atoms with van der Waals surface area (Å²) in [5.41, 5.74) is 0.509. The van der Waals surface area contributed by atoms with Gasteiger partial charge in [0.15, 0.2) is 0 Å². The third-order valence-electron chi connectivity index (χ3n) is 2.45. The number of H-pyrrole nitrogens is 1. The zero-order chi connectivity index (χ0) is 13.6. The van der Waals surface area contributed by atoms with Crippen molar-refractivity contribution in [3.8, 4) is 0 Å². The predicted octanol–water partition coefficient (Wildman–Crippen LogP) is 0.0198. The number of fused-ring (bicyclic) bond motifs is 1. The molecule has 0 bridgehead atoms. The number of aliphatic carboxylic acids is 1. The molecule has 2 rings (SSSR count). The Morgan fingerprint density at radius 3 is 2.39 bits per heavy atom. The number of aromatic amines is 1. The van der Waals surface area contributed by atoms with Crippen molar-refractivity contribution < 1.29 is 20.1 Å². The van der Waals surface area contributed by atoms with Crippen LogP contribution >= 0.6 is 0 Å². The fourth-order valence-corrected chi connectivity index (χ4v) is 0.973. The van der Waals surface area contributed by atoms with Crippen LogP contribution in [0.25, 0.3) is 11.0 Å². The first kappa shape index (κ1) is 14.1. The van der Waals surface area contributed by atoms with Crippen molar-refractivity contribution in [1.29, 1.82) is 0 Å². The Labute approximate surface area is 103 Å². The van der Waals surface area contributed by atoms with Crippen LogP contribution in [0.4, 0.5) is 0 Å². The number of aliphatic hydroxyl groups excluding tert-OH is 2. The summed E-state index contributed by atoms with van der Waals surface area (Å²) in [7, 11) is 0. The lowest BCUT2D eigenvalue weighted by atomic mass is 9.94. The van der Waals surface area contributed by atoms with Crippen molar-refractivity contribution in [3.05, 3.63) is 24.3 Å². The highest BCUT2D eigenvalue weighted by atomic mass is 16.4. The standard InChI is InChI=1S/C6H5N3.C5H10O4/c1-2-4-6-5(3-1)7-9-8-6;1-5(2-6,3-7)4(8)9/h1-4H,(H,7,8,9);6-7H,2-3H2,1H3,(H,8,9). The second-order valence-electron chi connectivity index (χ2n) is 4.01. The Balaban J connectivity index is 0.000000180. The maximum absolute atomic E-state index is 10.2. The lowest BCUT2D eigenvalue weighted by Gasteiger charge is -2.17. The van der Waals surface area contributed by atoms with E-state index in [0.29, 0.717) is 0 Å². The van der Waals surface area contributed by atoms with E-state index in [2.05, 4.69) is 15.4 Å². The van der Waals surface area contributed by atoms with Gasteiger partial charge in [0.1, 0.15) is 10.9 Å². The molecule has 0 spiro atoms. The predicted molar refractivity (Wildman–Crippen MR) is 63.8 cm³/mol. The van der Waals surface area contributed by atoms with Gasteiger partial charge in [-0.1, -0.05) is 17.3 Å². The van der Waals surface area contributed by atoms with Crippen molar-refractivity contribution in [2.75, 3.05) is 13.2 Å². The first-order valence-corrected chi connectivity index (χ1v) is 5.24. The van der Waals surface area contributed by atoms with Crippen LogP contribution in [0.1, 0.15) is 6.92 Å². The summed E-state index contributed by atoms with van der Waals surface area (Å²) in [6, 6.07) is 7.74. The average molecular weight is 253 g/mol. The molecule has 0 aliphatic carbocycles. The summed E-state index contributed by atoms with van der Waals surface area (Å²) in [5.74, 6) is -1.19. The molecule has 4 N–H and O–H groups in total. The van der Waals surface area contributed by atoms with Gasteiger partial charge in [0.05, 0.1) is 18.7 Å². The van der Waals surface area contributed by atoms with E-state index in [1.165, 1.54) is 6.92 Å². The molecule has 1 heterocycles. The fraction of sp³-hybridized carbons (Fsp3) is 0.364. The summed E-state index contributed by atoms with van der Waals surface area (Å²) in [6.07, 6.45) is 0. The van der Waals surface area contributed by atoms with E-state index >= 15 is 0 Å². The zero-order valence-corrected chi connectivity index (χ0v) is 9.87. The van der Waals surface area contributed by atoms with Gasteiger partial charge in [0.25, 0.3) is 0 Å². The van der Waals surface area contributed by atoms with Crippen LogP contribution in [0.15, 0.2) is 24.3 Å². The molecule has 0 aliphatic rings. The summed E-state index contributed by atoms with van der Waals surface area (Å²) < 4.78 is 0. The van der Waals surface area contributed by atoms with E-state index in [-0.39, 0.29) is 0 Å². The first-order valence-electron chi connectivity index (χ1n) is 5.24. The molecule has 0 amide bonds. The van der Waals surface area contributed by atoms with Gasteiger partial charge in [-0.15, -0.1) is 5.10 Å². The molecule has 0 aliphatic heterocycles. The summed E-state index contributed by atoms with van der Waals surface area (Å²) in [6.45, 7) is 0.187. The van der Waals surface area contributed by atoms with Crippen molar-refractivity contribution >= 4 is 17.0 Å². The average Bonchev–Trinajstić information content (AvgIpc) is 2.86. The van der Waals surface area contributed by atoms with Crippen molar-refractivity contribution in [1.82, 2.24) is 15.4 Å². The molecule has 0 saturated carbocycles. The van der Waals surface area contributed by atoms with Gasteiger partial charge in [0.2, 0.25) is 0 Å². The fourth-order valence-electron chi connectivity index (χ4n) is 0.973. The number of para-hydroxylation sites is 1. The smallest absolute Gasteiger partial charge is 0.314 e. The zero-order valence-electron chi connectivity index (χ0n) is 9.87. The van der Waals surface area contributed by atoms with Crippen molar-refractivity contribution in [2.45, 2.75) is 6.92 Å². The van der Waals surface area contributed by atoms with Crippen LogP contribution in [0.5, 0.6) is 0 Å². The van der Waals surface area contributed by atoms with Gasteiger partial charge >= 0.3 is 5.97 Å². The minimum Gasteiger partial charge on any atom is -0.481 e. The topological polar surface area (TPSA) is 119 Å². The van der Waals surface area contributed by atoms with Crippen LogP contribution in [0.2, 0.25) is 0 Å². The molecule has 1 aromatic heterocycles. The lowest BCUT2D eigenvalue weighted by Crippen LogP contribution is -2.35. The summed E-state index contributed by atoms with van der Waals surface area (Å²) in [4.78, 5) is 10.2. The number of hydrogen-bond acceptors (Lipinski definition) is 5. The molecule has 0 atom stereocenters. The Bertz CT molecular complexity index is 477. The largest absolute Gasteiger partial charge is 0.481 e. The van der Waals surface area contributed by atoms with E-state index in [9.17, 15) is 4.79 Å².